The predicted octanol–water partition coefficient (Wildman–Crippen LogP) is 3.87. The Hall–Kier alpha value is -1.97. The van der Waals surface area contributed by atoms with Crippen LogP contribution in [0.5, 0.6) is 11.5 Å². The summed E-state index contributed by atoms with van der Waals surface area (Å²) >= 11 is 0. The van der Waals surface area contributed by atoms with E-state index in [9.17, 15) is 15.0 Å². The smallest absolute Gasteiger partial charge is 0.331 e. The second-order valence-electron chi connectivity index (χ2n) is 7.62. The van der Waals surface area contributed by atoms with Gasteiger partial charge in [-0.3, -0.25) is 0 Å². The first-order valence-electron chi connectivity index (χ1n) is 8.15. The zero-order valence-corrected chi connectivity index (χ0v) is 13.9. The monoisotopic (exact) mass is 316 g/mol. The Bertz CT molecular complexity index is 661. The molecule has 1 aromatic rings. The summed E-state index contributed by atoms with van der Waals surface area (Å²) in [5.74, 6) is -0.111. The number of fused-ring (bicyclic) bond motifs is 2. The van der Waals surface area contributed by atoms with Gasteiger partial charge in [-0.15, -0.1) is 0 Å². The number of rotatable bonds is 3. The SMILES string of the molecule is CC1(C)C2CC[C@]1(C)C(OC(=O)/C=C/c1ccc(O)c(O)c1)C2. The standard InChI is InChI=1S/C19H24O4/c1-18(2)13-8-9-19(18,3)16(11-13)23-17(22)7-5-12-4-6-14(20)15(21)10-12/h4-7,10,13,16,20-21H,8-9,11H2,1-3H3/b7-5+/t13?,16?,19-/m1/s1. The average molecular weight is 316 g/mol. The molecule has 0 spiro atoms. The van der Waals surface area contributed by atoms with Crippen LogP contribution in [0.25, 0.3) is 6.08 Å². The average Bonchev–Trinajstić information content (AvgIpc) is 2.82. The van der Waals surface area contributed by atoms with Crippen molar-refractivity contribution in [2.24, 2.45) is 16.7 Å². The lowest BCUT2D eigenvalue weighted by Crippen LogP contribution is -2.38. The maximum absolute atomic E-state index is 12.1. The van der Waals surface area contributed by atoms with Crippen LogP contribution in [0.4, 0.5) is 0 Å². The van der Waals surface area contributed by atoms with Crippen molar-refractivity contribution >= 4 is 12.0 Å². The topological polar surface area (TPSA) is 66.8 Å². The largest absolute Gasteiger partial charge is 0.504 e. The summed E-state index contributed by atoms with van der Waals surface area (Å²) in [6, 6.07) is 4.42. The summed E-state index contributed by atoms with van der Waals surface area (Å²) in [6.45, 7) is 6.81. The van der Waals surface area contributed by atoms with E-state index < -0.39 is 0 Å². The molecule has 4 nitrogen and oxygen atoms in total. The maximum Gasteiger partial charge on any atom is 0.331 e. The van der Waals surface area contributed by atoms with Gasteiger partial charge in [-0.2, -0.15) is 0 Å². The Labute approximate surface area is 136 Å². The van der Waals surface area contributed by atoms with Crippen LogP contribution < -0.4 is 0 Å². The first-order valence-corrected chi connectivity index (χ1v) is 8.15. The predicted molar refractivity (Wildman–Crippen MR) is 87.9 cm³/mol. The summed E-state index contributed by atoms with van der Waals surface area (Å²) < 4.78 is 5.72. The third-order valence-electron chi connectivity index (χ3n) is 6.38. The third-order valence-corrected chi connectivity index (χ3v) is 6.38. The Morgan fingerprint density at radius 2 is 2.00 bits per heavy atom. The lowest BCUT2D eigenvalue weighted by atomic mass is 9.70. The normalized spacial score (nSPS) is 31.6. The van der Waals surface area contributed by atoms with Crippen molar-refractivity contribution in [3.63, 3.8) is 0 Å². The fourth-order valence-electron chi connectivity index (χ4n) is 4.30. The number of hydrogen-bond acceptors (Lipinski definition) is 4. The number of phenols is 2. The molecular formula is C19H24O4. The highest BCUT2D eigenvalue weighted by molar-refractivity contribution is 5.87. The van der Waals surface area contributed by atoms with Crippen molar-refractivity contribution in [2.75, 3.05) is 0 Å². The van der Waals surface area contributed by atoms with Crippen LogP contribution in [0.2, 0.25) is 0 Å². The Balaban J connectivity index is 1.66. The lowest BCUT2D eigenvalue weighted by Gasteiger charge is -2.38. The number of benzene rings is 1. The quantitative estimate of drug-likeness (QED) is 0.505. The van der Waals surface area contributed by atoms with Gasteiger partial charge in [-0.05, 0) is 54.4 Å². The zero-order chi connectivity index (χ0) is 16.8. The molecule has 2 fully saturated rings. The van der Waals surface area contributed by atoms with Gasteiger partial charge in [0.25, 0.3) is 0 Å². The van der Waals surface area contributed by atoms with Gasteiger partial charge in [0.1, 0.15) is 6.10 Å². The minimum atomic E-state index is -0.355. The van der Waals surface area contributed by atoms with Gasteiger partial charge < -0.3 is 14.9 Å². The van der Waals surface area contributed by atoms with Gasteiger partial charge in [0.05, 0.1) is 0 Å². The van der Waals surface area contributed by atoms with Gasteiger partial charge in [0.2, 0.25) is 0 Å². The molecule has 124 valence electrons. The molecule has 2 unspecified atom stereocenters. The molecule has 2 N–H and O–H groups in total. The number of hydrogen-bond donors (Lipinski definition) is 2. The van der Waals surface area contributed by atoms with Crippen LogP contribution >= 0.6 is 0 Å². The summed E-state index contributed by atoms with van der Waals surface area (Å²) in [5, 5.41) is 18.7. The van der Waals surface area contributed by atoms with Crippen LogP contribution in [0.1, 0.15) is 45.6 Å². The molecule has 3 rings (SSSR count). The lowest BCUT2D eigenvalue weighted by molar-refractivity contribution is -0.150. The number of carbonyl (C=O) groups is 1. The van der Waals surface area contributed by atoms with Crippen molar-refractivity contribution < 1.29 is 19.7 Å². The van der Waals surface area contributed by atoms with Gasteiger partial charge in [0, 0.05) is 11.5 Å². The zero-order valence-electron chi connectivity index (χ0n) is 13.9. The fourth-order valence-corrected chi connectivity index (χ4v) is 4.30. The van der Waals surface area contributed by atoms with E-state index in [0.29, 0.717) is 11.5 Å². The molecule has 1 aromatic carbocycles. The second kappa shape index (κ2) is 5.29. The molecule has 0 aliphatic heterocycles. The molecule has 0 radical (unpaired) electrons. The van der Waals surface area contributed by atoms with Crippen molar-refractivity contribution in [1.29, 1.82) is 0 Å². The van der Waals surface area contributed by atoms with E-state index in [2.05, 4.69) is 20.8 Å². The molecule has 0 amide bonds. The van der Waals surface area contributed by atoms with E-state index in [0.717, 1.165) is 12.8 Å². The number of phenolic OH excluding ortho intramolecular Hbond substituents is 2. The van der Waals surface area contributed by atoms with Gasteiger partial charge in [-0.1, -0.05) is 26.8 Å². The van der Waals surface area contributed by atoms with Crippen LogP contribution in [0.15, 0.2) is 24.3 Å². The van der Waals surface area contributed by atoms with Crippen molar-refractivity contribution in [2.45, 2.75) is 46.1 Å². The summed E-state index contributed by atoms with van der Waals surface area (Å²) in [6.07, 6.45) is 6.22. The Morgan fingerprint density at radius 1 is 1.26 bits per heavy atom. The Kier molecular flexibility index (Phi) is 3.66. The highest BCUT2D eigenvalue weighted by atomic mass is 16.5. The Morgan fingerprint density at radius 3 is 2.57 bits per heavy atom. The minimum absolute atomic E-state index is 0.0263. The van der Waals surface area contributed by atoms with E-state index in [1.165, 1.54) is 24.6 Å². The van der Waals surface area contributed by atoms with E-state index in [4.69, 9.17) is 4.74 Å². The summed E-state index contributed by atoms with van der Waals surface area (Å²) in [7, 11) is 0. The van der Waals surface area contributed by atoms with Crippen LogP contribution in [-0.2, 0) is 9.53 Å². The number of esters is 1. The molecule has 0 heterocycles. The van der Waals surface area contributed by atoms with Gasteiger partial charge >= 0.3 is 5.97 Å². The highest BCUT2D eigenvalue weighted by Gasteiger charge is 2.62. The molecule has 2 saturated carbocycles. The molecule has 0 aromatic heterocycles. The fraction of sp³-hybridized carbons (Fsp3) is 0.526. The van der Waals surface area contributed by atoms with Crippen LogP contribution in [-0.4, -0.2) is 22.3 Å². The van der Waals surface area contributed by atoms with E-state index in [1.807, 2.05) is 0 Å². The highest BCUT2D eigenvalue weighted by Crippen LogP contribution is 2.66. The van der Waals surface area contributed by atoms with E-state index in [1.54, 1.807) is 12.1 Å². The van der Waals surface area contributed by atoms with Crippen molar-refractivity contribution in [1.82, 2.24) is 0 Å². The maximum atomic E-state index is 12.1. The minimum Gasteiger partial charge on any atom is -0.504 e. The molecule has 0 saturated heterocycles. The first kappa shape index (κ1) is 15.9. The van der Waals surface area contributed by atoms with Crippen LogP contribution in [0, 0.1) is 16.7 Å². The van der Waals surface area contributed by atoms with Crippen LogP contribution in [0.3, 0.4) is 0 Å². The van der Waals surface area contributed by atoms with Crippen molar-refractivity contribution in [3.8, 4) is 11.5 Å². The molecule has 2 aliphatic carbocycles. The molecule has 23 heavy (non-hydrogen) atoms. The van der Waals surface area contributed by atoms with E-state index >= 15 is 0 Å². The summed E-state index contributed by atoms with van der Waals surface area (Å²) in [4.78, 5) is 12.1. The summed E-state index contributed by atoms with van der Waals surface area (Å²) in [5.41, 5.74) is 0.902. The molecular weight excluding hydrogens is 292 g/mol. The van der Waals surface area contributed by atoms with Gasteiger partial charge in [0.15, 0.2) is 11.5 Å². The number of carbonyl (C=O) groups excluding carboxylic acids is 1. The van der Waals surface area contributed by atoms with E-state index in [-0.39, 0.29) is 34.4 Å². The molecule has 2 aliphatic rings. The molecule has 2 bridgehead atoms. The molecule has 4 heteroatoms. The van der Waals surface area contributed by atoms with Crippen molar-refractivity contribution in [3.05, 3.63) is 29.8 Å². The number of ether oxygens (including phenoxy) is 1. The first-order chi connectivity index (χ1) is 10.7. The third kappa shape index (κ3) is 2.50. The van der Waals surface area contributed by atoms with Gasteiger partial charge in [-0.25, -0.2) is 4.79 Å². The second-order valence-corrected chi connectivity index (χ2v) is 7.62. The number of aromatic hydroxyl groups is 2. The molecule has 3 atom stereocenters.